The first-order valence-corrected chi connectivity index (χ1v) is 5.58. The van der Waals surface area contributed by atoms with E-state index in [0.29, 0.717) is 5.69 Å². The molecule has 0 aliphatic heterocycles. The van der Waals surface area contributed by atoms with Crippen LogP contribution in [0.3, 0.4) is 0 Å². The lowest BCUT2D eigenvalue weighted by molar-refractivity contribution is -0.114. The quantitative estimate of drug-likeness (QED) is 0.899. The summed E-state index contributed by atoms with van der Waals surface area (Å²) in [5, 5.41) is 6.35. The predicted molar refractivity (Wildman–Crippen MR) is 69.1 cm³/mol. The summed E-state index contributed by atoms with van der Waals surface area (Å²) in [6.07, 6.45) is 1.35. The Morgan fingerprint density at radius 1 is 1.33 bits per heavy atom. The number of nitrogens with one attached hydrogen (secondary N) is 1. The zero-order chi connectivity index (χ0) is 13.1. The number of carbonyl (C=O) groups is 1. The molecule has 0 radical (unpaired) electrons. The molecule has 6 heteroatoms. The average Bonchev–Trinajstić information content (AvgIpc) is 2.36. The first-order chi connectivity index (χ1) is 8.59. The first-order valence-electron chi connectivity index (χ1n) is 5.20. The molecule has 92 valence electrons. The van der Waals surface area contributed by atoms with Crippen LogP contribution in [-0.4, -0.2) is 15.7 Å². The van der Waals surface area contributed by atoms with Gasteiger partial charge in [-0.1, -0.05) is 29.8 Å². The van der Waals surface area contributed by atoms with Crippen molar-refractivity contribution in [3.05, 3.63) is 51.9 Å². The maximum atomic E-state index is 12.0. The Morgan fingerprint density at radius 2 is 2.00 bits per heavy atom. The van der Waals surface area contributed by atoms with E-state index >= 15 is 0 Å². The SMILES string of the molecule is CC(=O)Nc1cnn(-c2ccccc2)c(=O)c1Cl. The van der Waals surface area contributed by atoms with Crippen molar-refractivity contribution in [3.63, 3.8) is 0 Å². The van der Waals surface area contributed by atoms with Crippen LogP contribution >= 0.6 is 11.6 Å². The lowest BCUT2D eigenvalue weighted by Crippen LogP contribution is -2.23. The van der Waals surface area contributed by atoms with Crippen LogP contribution in [0.15, 0.2) is 41.3 Å². The molecule has 1 amide bonds. The van der Waals surface area contributed by atoms with Crippen molar-refractivity contribution >= 4 is 23.2 Å². The van der Waals surface area contributed by atoms with E-state index in [1.54, 1.807) is 24.3 Å². The summed E-state index contributed by atoms with van der Waals surface area (Å²) in [6.45, 7) is 1.33. The van der Waals surface area contributed by atoms with E-state index in [4.69, 9.17) is 11.6 Å². The minimum absolute atomic E-state index is 0.0657. The van der Waals surface area contributed by atoms with Gasteiger partial charge in [-0.3, -0.25) is 9.59 Å². The number of carbonyl (C=O) groups excluding carboxylic acids is 1. The maximum Gasteiger partial charge on any atom is 0.292 e. The number of rotatable bonds is 2. The van der Waals surface area contributed by atoms with Crippen molar-refractivity contribution in [2.45, 2.75) is 6.92 Å². The van der Waals surface area contributed by atoms with Crippen molar-refractivity contribution < 1.29 is 4.79 Å². The summed E-state index contributed by atoms with van der Waals surface area (Å²) in [5.41, 5.74) is 0.342. The summed E-state index contributed by atoms with van der Waals surface area (Å²) in [4.78, 5) is 22.9. The zero-order valence-corrected chi connectivity index (χ0v) is 10.3. The van der Waals surface area contributed by atoms with E-state index in [1.165, 1.54) is 17.8 Å². The molecule has 0 fully saturated rings. The highest BCUT2D eigenvalue weighted by atomic mass is 35.5. The van der Waals surface area contributed by atoms with Gasteiger partial charge in [0.2, 0.25) is 5.91 Å². The fourth-order valence-corrected chi connectivity index (χ4v) is 1.64. The largest absolute Gasteiger partial charge is 0.324 e. The summed E-state index contributed by atoms with van der Waals surface area (Å²) in [7, 11) is 0. The van der Waals surface area contributed by atoms with Crippen LogP contribution in [0.1, 0.15) is 6.92 Å². The molecule has 2 aromatic rings. The molecule has 2 rings (SSSR count). The zero-order valence-electron chi connectivity index (χ0n) is 9.55. The maximum absolute atomic E-state index is 12.0. The molecule has 1 N–H and O–H groups in total. The van der Waals surface area contributed by atoms with Crippen molar-refractivity contribution in [1.82, 2.24) is 9.78 Å². The van der Waals surface area contributed by atoms with E-state index in [1.807, 2.05) is 6.07 Å². The van der Waals surface area contributed by atoms with Crippen molar-refractivity contribution in [2.24, 2.45) is 0 Å². The van der Waals surface area contributed by atoms with Crippen LogP contribution in [0.4, 0.5) is 5.69 Å². The average molecular weight is 264 g/mol. The van der Waals surface area contributed by atoms with Crippen LogP contribution < -0.4 is 10.9 Å². The Morgan fingerprint density at radius 3 is 2.61 bits per heavy atom. The molecule has 0 bridgehead atoms. The van der Waals surface area contributed by atoms with Crippen LogP contribution in [0.25, 0.3) is 5.69 Å². The Kier molecular flexibility index (Phi) is 3.43. The number of para-hydroxylation sites is 1. The molecule has 1 aromatic carbocycles. The number of benzene rings is 1. The molecule has 5 nitrogen and oxygen atoms in total. The number of amides is 1. The number of anilines is 1. The predicted octanol–water partition coefficient (Wildman–Crippen LogP) is 1.84. The van der Waals surface area contributed by atoms with Gasteiger partial charge in [0.15, 0.2) is 0 Å². The molecule has 0 aliphatic rings. The van der Waals surface area contributed by atoms with E-state index in [2.05, 4.69) is 10.4 Å². The molecule has 0 saturated carbocycles. The molecule has 1 heterocycles. The minimum atomic E-state index is -0.478. The van der Waals surface area contributed by atoms with Gasteiger partial charge >= 0.3 is 0 Å². The topological polar surface area (TPSA) is 64.0 Å². The molecule has 0 unspecified atom stereocenters. The molecule has 0 aliphatic carbocycles. The summed E-state index contributed by atoms with van der Waals surface area (Å²) < 4.78 is 1.17. The third-order valence-corrected chi connectivity index (χ3v) is 2.60. The second kappa shape index (κ2) is 5.01. The van der Waals surface area contributed by atoms with Crippen LogP contribution in [0.2, 0.25) is 5.02 Å². The van der Waals surface area contributed by atoms with Crippen LogP contribution in [0.5, 0.6) is 0 Å². The van der Waals surface area contributed by atoms with Crippen molar-refractivity contribution in [2.75, 3.05) is 5.32 Å². The second-order valence-electron chi connectivity index (χ2n) is 3.61. The lowest BCUT2D eigenvalue weighted by Gasteiger charge is -2.08. The van der Waals surface area contributed by atoms with Crippen molar-refractivity contribution in [3.8, 4) is 5.69 Å². The number of hydrogen-bond donors (Lipinski definition) is 1. The van der Waals surface area contributed by atoms with Gasteiger partial charge in [-0.15, -0.1) is 0 Å². The van der Waals surface area contributed by atoms with E-state index in [0.717, 1.165) is 0 Å². The van der Waals surface area contributed by atoms with Gasteiger partial charge < -0.3 is 5.32 Å². The molecular weight excluding hydrogens is 254 g/mol. The van der Waals surface area contributed by atoms with Gasteiger partial charge in [-0.2, -0.15) is 9.78 Å². The van der Waals surface area contributed by atoms with Gasteiger partial charge in [0, 0.05) is 6.92 Å². The highest BCUT2D eigenvalue weighted by molar-refractivity contribution is 6.33. The fraction of sp³-hybridized carbons (Fsp3) is 0.0833. The lowest BCUT2D eigenvalue weighted by atomic mass is 10.3. The number of aromatic nitrogens is 2. The fourth-order valence-electron chi connectivity index (χ4n) is 1.46. The van der Waals surface area contributed by atoms with Gasteiger partial charge in [-0.05, 0) is 12.1 Å². The monoisotopic (exact) mass is 263 g/mol. The highest BCUT2D eigenvalue weighted by Gasteiger charge is 2.10. The molecule has 0 saturated heterocycles. The summed E-state index contributed by atoms with van der Waals surface area (Å²) in [6, 6.07) is 8.89. The summed E-state index contributed by atoms with van der Waals surface area (Å²) >= 11 is 5.90. The highest BCUT2D eigenvalue weighted by Crippen LogP contribution is 2.16. The number of nitrogens with zero attached hydrogens (tertiary/aromatic N) is 2. The first kappa shape index (κ1) is 12.3. The second-order valence-corrected chi connectivity index (χ2v) is 3.98. The third kappa shape index (κ3) is 2.41. The number of hydrogen-bond acceptors (Lipinski definition) is 3. The van der Waals surface area contributed by atoms with E-state index in [-0.39, 0.29) is 16.6 Å². The smallest absolute Gasteiger partial charge is 0.292 e. The standard InChI is InChI=1S/C12H10ClN3O2/c1-8(17)15-10-7-14-16(12(18)11(10)13)9-5-3-2-4-6-9/h2-7H,1H3,(H,15,17). The van der Waals surface area contributed by atoms with Gasteiger partial charge in [-0.25, -0.2) is 0 Å². The van der Waals surface area contributed by atoms with Gasteiger partial charge in [0.25, 0.3) is 5.56 Å². The minimum Gasteiger partial charge on any atom is -0.324 e. The normalized spacial score (nSPS) is 10.1. The molecular formula is C12H10ClN3O2. The van der Waals surface area contributed by atoms with Crippen molar-refractivity contribution in [1.29, 1.82) is 0 Å². The van der Waals surface area contributed by atoms with E-state index in [9.17, 15) is 9.59 Å². The molecule has 0 atom stereocenters. The third-order valence-electron chi connectivity index (χ3n) is 2.23. The molecule has 18 heavy (non-hydrogen) atoms. The van der Waals surface area contributed by atoms with Gasteiger partial charge in [0.05, 0.1) is 17.6 Å². The van der Waals surface area contributed by atoms with Crippen LogP contribution in [0, 0.1) is 0 Å². The number of halogens is 1. The Labute approximate surface area is 108 Å². The van der Waals surface area contributed by atoms with Crippen LogP contribution in [-0.2, 0) is 4.79 Å². The Balaban J connectivity index is 2.51. The van der Waals surface area contributed by atoms with E-state index < -0.39 is 5.56 Å². The Hall–Kier alpha value is -2.14. The van der Waals surface area contributed by atoms with Gasteiger partial charge in [0.1, 0.15) is 5.02 Å². The Bertz CT molecular complexity index is 638. The molecule has 1 aromatic heterocycles. The molecule has 0 spiro atoms. The summed E-state index contributed by atoms with van der Waals surface area (Å²) in [5.74, 6) is -0.310.